The molecule has 194 valence electrons. The minimum absolute atomic E-state index is 0. The molecule has 2 aliphatic heterocycles. The number of tetrazole rings is 1. The van der Waals surface area contributed by atoms with E-state index in [1.54, 1.807) is 4.68 Å². The molecule has 2 bridgehead atoms. The maximum Gasteiger partial charge on any atom is 0.416 e. The zero-order valence-electron chi connectivity index (χ0n) is 18.6. The summed E-state index contributed by atoms with van der Waals surface area (Å²) in [5.74, 6) is 0. The zero-order valence-corrected chi connectivity index (χ0v) is 19.4. The van der Waals surface area contributed by atoms with Crippen LogP contribution in [0.5, 0.6) is 0 Å². The number of halogens is 7. The van der Waals surface area contributed by atoms with E-state index < -0.39 is 41.7 Å². The zero-order chi connectivity index (χ0) is 24.8. The Balaban J connectivity index is 0.00000304. The standard InChI is InChI=1S/C23H21F6N5O.ClH/c24-22(25,26)16-8-14(9-17(10-16)23(27,28)29)12-35-20-7-6-18-19(34-13-30-32-33-34)11-21(20,31-18)15-4-2-1-3-5-15;/h1-5,8-10,13,18-20,31H,6-7,11-12H2;1H. The van der Waals surface area contributed by atoms with Gasteiger partial charge in [-0.05, 0) is 59.0 Å². The van der Waals surface area contributed by atoms with E-state index in [-0.39, 0.29) is 36.1 Å². The Morgan fingerprint density at radius 2 is 1.64 bits per heavy atom. The lowest BCUT2D eigenvalue weighted by Crippen LogP contribution is -2.54. The highest BCUT2D eigenvalue weighted by Gasteiger charge is 2.55. The topological polar surface area (TPSA) is 64.9 Å². The third-order valence-corrected chi connectivity index (χ3v) is 6.82. The molecule has 4 atom stereocenters. The second kappa shape index (κ2) is 9.64. The molecule has 2 fully saturated rings. The molecule has 1 aromatic heterocycles. The molecule has 4 unspecified atom stereocenters. The van der Waals surface area contributed by atoms with Crippen LogP contribution < -0.4 is 5.32 Å². The normalized spacial score (nSPS) is 26.0. The van der Waals surface area contributed by atoms with Crippen molar-refractivity contribution in [1.82, 2.24) is 25.5 Å². The van der Waals surface area contributed by atoms with Crippen molar-refractivity contribution in [2.75, 3.05) is 0 Å². The van der Waals surface area contributed by atoms with Crippen LogP contribution in [0.4, 0.5) is 26.3 Å². The van der Waals surface area contributed by atoms with E-state index >= 15 is 0 Å². The molecular weight excluding hydrogens is 512 g/mol. The molecule has 1 N–H and O–H groups in total. The molecule has 0 spiro atoms. The molecule has 2 aromatic carbocycles. The van der Waals surface area contributed by atoms with Gasteiger partial charge in [0.05, 0.1) is 35.4 Å². The Kier molecular flexibility index (Phi) is 7.06. The summed E-state index contributed by atoms with van der Waals surface area (Å²) in [6.07, 6.45) is -6.99. The molecule has 2 aliphatic rings. The van der Waals surface area contributed by atoms with Crippen LogP contribution in [-0.2, 0) is 29.2 Å². The number of alkyl halides is 6. The third kappa shape index (κ3) is 4.94. The van der Waals surface area contributed by atoms with E-state index in [2.05, 4.69) is 20.8 Å². The van der Waals surface area contributed by atoms with Crippen LogP contribution in [0.2, 0.25) is 0 Å². The van der Waals surface area contributed by atoms with E-state index in [0.29, 0.717) is 31.4 Å². The predicted molar refractivity (Wildman–Crippen MR) is 118 cm³/mol. The van der Waals surface area contributed by atoms with Crippen molar-refractivity contribution >= 4 is 12.4 Å². The summed E-state index contributed by atoms with van der Waals surface area (Å²) in [6.45, 7) is -0.395. The van der Waals surface area contributed by atoms with Crippen molar-refractivity contribution in [3.05, 3.63) is 77.1 Å². The van der Waals surface area contributed by atoms with E-state index in [1.807, 2.05) is 30.3 Å². The lowest BCUT2D eigenvalue weighted by Gasteiger charge is -2.42. The summed E-state index contributed by atoms with van der Waals surface area (Å²) >= 11 is 0. The van der Waals surface area contributed by atoms with Gasteiger partial charge in [-0.1, -0.05) is 30.3 Å². The van der Waals surface area contributed by atoms with E-state index in [1.165, 1.54) is 6.33 Å². The summed E-state index contributed by atoms with van der Waals surface area (Å²) in [5, 5.41) is 15.1. The van der Waals surface area contributed by atoms with Crippen molar-refractivity contribution in [2.24, 2.45) is 0 Å². The average Bonchev–Trinajstić information content (AvgIpc) is 3.45. The number of aromatic nitrogens is 4. The summed E-state index contributed by atoms with van der Waals surface area (Å²) in [6, 6.07) is 11.0. The van der Waals surface area contributed by atoms with Gasteiger partial charge in [0.15, 0.2) is 0 Å². The minimum Gasteiger partial charge on any atom is -0.371 e. The van der Waals surface area contributed by atoms with Gasteiger partial charge in [0.25, 0.3) is 0 Å². The van der Waals surface area contributed by atoms with Crippen molar-refractivity contribution in [2.45, 2.75) is 61.9 Å². The fourth-order valence-electron chi connectivity index (χ4n) is 5.27. The van der Waals surface area contributed by atoms with Crippen LogP contribution >= 0.6 is 12.4 Å². The molecule has 13 heteroatoms. The largest absolute Gasteiger partial charge is 0.416 e. The van der Waals surface area contributed by atoms with Gasteiger partial charge in [0.1, 0.15) is 6.33 Å². The highest BCUT2D eigenvalue weighted by molar-refractivity contribution is 5.85. The van der Waals surface area contributed by atoms with E-state index in [0.717, 1.165) is 5.56 Å². The van der Waals surface area contributed by atoms with Gasteiger partial charge in [-0.15, -0.1) is 17.5 Å². The predicted octanol–water partition coefficient (Wildman–Crippen LogP) is 5.31. The molecule has 2 saturated heterocycles. The minimum atomic E-state index is -4.91. The Hall–Kier alpha value is -2.70. The average molecular weight is 534 g/mol. The van der Waals surface area contributed by atoms with Crippen LogP contribution in [0.3, 0.4) is 0 Å². The van der Waals surface area contributed by atoms with Crippen molar-refractivity contribution in [3.8, 4) is 0 Å². The van der Waals surface area contributed by atoms with Gasteiger partial charge >= 0.3 is 12.4 Å². The first kappa shape index (κ1) is 26.4. The lowest BCUT2D eigenvalue weighted by atomic mass is 9.80. The molecule has 0 saturated carbocycles. The molecule has 0 aliphatic carbocycles. The number of ether oxygens (including phenoxy) is 1. The first-order chi connectivity index (χ1) is 16.6. The van der Waals surface area contributed by atoms with Crippen LogP contribution in [0.25, 0.3) is 0 Å². The molecule has 0 amide bonds. The number of hydrogen-bond acceptors (Lipinski definition) is 5. The number of nitrogens with one attached hydrogen (secondary N) is 1. The Bertz CT molecular complexity index is 1140. The molecule has 5 rings (SSSR count). The van der Waals surface area contributed by atoms with Gasteiger partial charge in [0.2, 0.25) is 0 Å². The van der Waals surface area contributed by atoms with Gasteiger partial charge in [-0.2, -0.15) is 26.3 Å². The van der Waals surface area contributed by atoms with Crippen LogP contribution in [-0.4, -0.2) is 32.4 Å². The second-order valence-electron chi connectivity index (χ2n) is 8.94. The van der Waals surface area contributed by atoms with Crippen LogP contribution in [0.1, 0.15) is 47.6 Å². The summed E-state index contributed by atoms with van der Waals surface area (Å²) < 4.78 is 87.4. The first-order valence-corrected chi connectivity index (χ1v) is 11.0. The quantitative estimate of drug-likeness (QED) is 0.450. The van der Waals surface area contributed by atoms with Crippen LogP contribution in [0, 0.1) is 0 Å². The van der Waals surface area contributed by atoms with E-state index in [9.17, 15) is 26.3 Å². The molecule has 3 heterocycles. The molecule has 6 nitrogen and oxygen atoms in total. The number of rotatable bonds is 5. The maximum absolute atomic E-state index is 13.3. The summed E-state index contributed by atoms with van der Waals surface area (Å²) in [5.41, 5.74) is -2.68. The molecule has 0 radical (unpaired) electrons. The summed E-state index contributed by atoms with van der Waals surface area (Å²) in [4.78, 5) is 0. The smallest absolute Gasteiger partial charge is 0.371 e. The Morgan fingerprint density at radius 1 is 0.972 bits per heavy atom. The van der Waals surface area contributed by atoms with Crippen molar-refractivity contribution in [1.29, 1.82) is 0 Å². The van der Waals surface area contributed by atoms with Gasteiger partial charge in [-0.25, -0.2) is 4.68 Å². The second-order valence-corrected chi connectivity index (χ2v) is 8.94. The maximum atomic E-state index is 13.3. The number of benzene rings is 2. The van der Waals surface area contributed by atoms with Crippen molar-refractivity contribution in [3.63, 3.8) is 0 Å². The summed E-state index contributed by atoms with van der Waals surface area (Å²) in [7, 11) is 0. The first-order valence-electron chi connectivity index (χ1n) is 11.0. The lowest BCUT2D eigenvalue weighted by molar-refractivity contribution is -0.143. The number of piperidine rings is 1. The van der Waals surface area contributed by atoms with Gasteiger partial charge < -0.3 is 10.1 Å². The SMILES string of the molecule is Cl.FC(F)(F)c1cc(COC2CCC3NC2(c2ccccc2)CC3n2cnnn2)cc(C(F)(F)F)c1. The third-order valence-electron chi connectivity index (χ3n) is 6.82. The van der Waals surface area contributed by atoms with Gasteiger partial charge in [0, 0.05) is 6.04 Å². The molecule has 36 heavy (non-hydrogen) atoms. The highest BCUT2D eigenvalue weighted by Crippen LogP contribution is 2.49. The van der Waals surface area contributed by atoms with Crippen molar-refractivity contribution < 1.29 is 31.1 Å². The Morgan fingerprint density at radius 3 is 2.22 bits per heavy atom. The fraction of sp³-hybridized carbons (Fsp3) is 0.435. The Labute approximate surface area is 208 Å². The van der Waals surface area contributed by atoms with Gasteiger partial charge in [-0.3, -0.25) is 0 Å². The number of nitrogens with zero attached hydrogens (tertiary/aromatic N) is 4. The molecular formula is C23H22ClF6N5O. The number of hydrogen-bond donors (Lipinski definition) is 1. The molecule has 3 aromatic rings. The highest BCUT2D eigenvalue weighted by atomic mass is 35.5. The van der Waals surface area contributed by atoms with Crippen LogP contribution in [0.15, 0.2) is 54.9 Å². The number of fused-ring (bicyclic) bond motifs is 2. The fourth-order valence-corrected chi connectivity index (χ4v) is 5.27. The van der Waals surface area contributed by atoms with E-state index in [4.69, 9.17) is 4.74 Å². The monoisotopic (exact) mass is 533 g/mol.